The highest BCUT2D eigenvalue weighted by molar-refractivity contribution is 5.74. The lowest BCUT2D eigenvalue weighted by atomic mass is 10.1. The topological polar surface area (TPSA) is 41.1 Å². The summed E-state index contributed by atoms with van der Waals surface area (Å²) in [5.41, 5.74) is 1.21. The van der Waals surface area contributed by atoms with Crippen LogP contribution in [0.1, 0.15) is 5.56 Å². The molecule has 3 nitrogen and oxygen atoms in total. The number of hydrogen-bond acceptors (Lipinski definition) is 1. The first-order chi connectivity index (χ1) is 6.83. The molecule has 0 unspecified atom stereocenters. The molecular formula is C11H14N2O. The molecule has 74 valence electrons. The molecular weight excluding hydrogens is 176 g/mol. The summed E-state index contributed by atoms with van der Waals surface area (Å²) in [6.45, 7) is 4.02. The van der Waals surface area contributed by atoms with Crippen LogP contribution in [0, 0.1) is 0 Å². The van der Waals surface area contributed by atoms with Gasteiger partial charge in [0, 0.05) is 6.54 Å². The Balaban J connectivity index is 2.22. The third kappa shape index (κ3) is 3.76. The van der Waals surface area contributed by atoms with Gasteiger partial charge in [-0.05, 0) is 18.2 Å². The zero-order valence-electron chi connectivity index (χ0n) is 7.99. The van der Waals surface area contributed by atoms with Gasteiger partial charge in [-0.2, -0.15) is 0 Å². The summed E-state index contributed by atoms with van der Waals surface area (Å²) < 4.78 is 0. The van der Waals surface area contributed by atoms with E-state index in [1.807, 2.05) is 30.3 Å². The number of hydrogen-bond donors (Lipinski definition) is 2. The zero-order valence-corrected chi connectivity index (χ0v) is 7.99. The van der Waals surface area contributed by atoms with Crippen molar-refractivity contribution in [1.82, 2.24) is 10.6 Å². The van der Waals surface area contributed by atoms with E-state index in [2.05, 4.69) is 17.2 Å². The minimum atomic E-state index is -0.212. The number of benzene rings is 1. The minimum Gasteiger partial charge on any atom is -0.338 e. The standard InChI is InChI=1S/C11H14N2O/c1-2-12-11(14)13-9-8-10-6-4-3-5-7-10/h2-7H,1,8-9H2,(H2,12,13,14). The maximum atomic E-state index is 10.9. The average Bonchev–Trinajstić information content (AvgIpc) is 2.20. The van der Waals surface area contributed by atoms with Crippen molar-refractivity contribution in [3.8, 4) is 0 Å². The number of carbonyl (C=O) groups is 1. The van der Waals surface area contributed by atoms with Gasteiger partial charge in [0.25, 0.3) is 0 Å². The predicted molar refractivity (Wildman–Crippen MR) is 56.9 cm³/mol. The van der Waals surface area contributed by atoms with Crippen molar-refractivity contribution in [1.29, 1.82) is 0 Å². The molecule has 1 aromatic carbocycles. The van der Waals surface area contributed by atoms with Crippen LogP contribution >= 0.6 is 0 Å². The molecule has 0 fully saturated rings. The fraction of sp³-hybridized carbons (Fsp3) is 0.182. The third-order valence-electron chi connectivity index (χ3n) is 1.78. The Hall–Kier alpha value is -1.77. The van der Waals surface area contributed by atoms with Crippen molar-refractivity contribution in [2.75, 3.05) is 6.54 Å². The van der Waals surface area contributed by atoms with Gasteiger partial charge in [0.1, 0.15) is 0 Å². The normalized spacial score (nSPS) is 9.14. The molecule has 0 aliphatic heterocycles. The highest BCUT2D eigenvalue weighted by atomic mass is 16.2. The highest BCUT2D eigenvalue weighted by Gasteiger charge is 1.95. The highest BCUT2D eigenvalue weighted by Crippen LogP contribution is 1.97. The van der Waals surface area contributed by atoms with E-state index in [1.54, 1.807) is 0 Å². The molecule has 3 heteroatoms. The van der Waals surface area contributed by atoms with Gasteiger partial charge >= 0.3 is 6.03 Å². The minimum absolute atomic E-state index is 0.212. The van der Waals surface area contributed by atoms with Crippen molar-refractivity contribution in [2.24, 2.45) is 0 Å². The van der Waals surface area contributed by atoms with E-state index in [0.717, 1.165) is 6.42 Å². The van der Waals surface area contributed by atoms with Gasteiger partial charge in [-0.15, -0.1) is 0 Å². The maximum absolute atomic E-state index is 10.9. The molecule has 14 heavy (non-hydrogen) atoms. The van der Waals surface area contributed by atoms with Gasteiger partial charge in [0.15, 0.2) is 0 Å². The van der Waals surface area contributed by atoms with E-state index in [4.69, 9.17) is 0 Å². The summed E-state index contributed by atoms with van der Waals surface area (Å²) in [6.07, 6.45) is 2.20. The molecule has 1 rings (SSSR count). The summed E-state index contributed by atoms with van der Waals surface area (Å²) in [5.74, 6) is 0. The molecule has 0 atom stereocenters. The summed E-state index contributed by atoms with van der Waals surface area (Å²) in [7, 11) is 0. The van der Waals surface area contributed by atoms with Crippen LogP contribution < -0.4 is 10.6 Å². The Morgan fingerprint density at radius 1 is 1.36 bits per heavy atom. The molecule has 1 aromatic rings. The van der Waals surface area contributed by atoms with Crippen LogP contribution in [0.5, 0.6) is 0 Å². The third-order valence-corrected chi connectivity index (χ3v) is 1.78. The van der Waals surface area contributed by atoms with E-state index in [1.165, 1.54) is 11.8 Å². The Morgan fingerprint density at radius 3 is 2.71 bits per heavy atom. The van der Waals surface area contributed by atoms with Gasteiger partial charge in [0.05, 0.1) is 0 Å². The van der Waals surface area contributed by atoms with E-state index in [0.29, 0.717) is 6.54 Å². The Labute approximate surface area is 83.8 Å². The number of amides is 2. The van der Waals surface area contributed by atoms with Crippen LogP contribution in [0.2, 0.25) is 0 Å². The molecule has 2 amide bonds. The van der Waals surface area contributed by atoms with E-state index in [9.17, 15) is 4.79 Å². The number of carbonyl (C=O) groups excluding carboxylic acids is 1. The van der Waals surface area contributed by atoms with Crippen LogP contribution in [0.25, 0.3) is 0 Å². The number of nitrogens with one attached hydrogen (secondary N) is 2. The predicted octanol–water partition coefficient (Wildman–Crippen LogP) is 1.67. The first kappa shape index (κ1) is 10.3. The second kappa shape index (κ2) is 5.80. The first-order valence-electron chi connectivity index (χ1n) is 4.52. The smallest absolute Gasteiger partial charge is 0.318 e. The average molecular weight is 190 g/mol. The second-order valence-corrected chi connectivity index (χ2v) is 2.84. The van der Waals surface area contributed by atoms with Crippen LogP contribution in [0.15, 0.2) is 43.1 Å². The van der Waals surface area contributed by atoms with Crippen molar-refractivity contribution < 1.29 is 4.79 Å². The van der Waals surface area contributed by atoms with E-state index >= 15 is 0 Å². The van der Waals surface area contributed by atoms with Gasteiger partial charge in [-0.1, -0.05) is 36.9 Å². The maximum Gasteiger partial charge on any atom is 0.318 e. The largest absolute Gasteiger partial charge is 0.338 e. The summed E-state index contributed by atoms with van der Waals surface area (Å²) in [4.78, 5) is 10.9. The summed E-state index contributed by atoms with van der Waals surface area (Å²) in [5, 5.41) is 5.16. The monoisotopic (exact) mass is 190 g/mol. The van der Waals surface area contributed by atoms with Crippen LogP contribution in [-0.4, -0.2) is 12.6 Å². The summed E-state index contributed by atoms with van der Waals surface area (Å²) in [6, 6.07) is 9.80. The molecule has 0 heterocycles. The molecule has 0 bridgehead atoms. The SMILES string of the molecule is C=CNC(=O)NCCc1ccccc1. The van der Waals surface area contributed by atoms with Gasteiger partial charge in [0.2, 0.25) is 0 Å². The number of rotatable bonds is 4. The van der Waals surface area contributed by atoms with Gasteiger partial charge in [-0.3, -0.25) is 0 Å². The van der Waals surface area contributed by atoms with Crippen LogP contribution in [-0.2, 0) is 6.42 Å². The number of urea groups is 1. The summed E-state index contributed by atoms with van der Waals surface area (Å²) >= 11 is 0. The second-order valence-electron chi connectivity index (χ2n) is 2.84. The quantitative estimate of drug-likeness (QED) is 0.745. The lowest BCUT2D eigenvalue weighted by Gasteiger charge is -2.03. The van der Waals surface area contributed by atoms with Crippen LogP contribution in [0.4, 0.5) is 4.79 Å². The zero-order chi connectivity index (χ0) is 10.2. The molecule has 0 aromatic heterocycles. The molecule has 0 saturated heterocycles. The Bertz CT molecular complexity index is 295. The van der Waals surface area contributed by atoms with Gasteiger partial charge < -0.3 is 10.6 Å². The fourth-order valence-electron chi connectivity index (χ4n) is 1.11. The van der Waals surface area contributed by atoms with Crippen molar-refractivity contribution in [3.63, 3.8) is 0 Å². The molecule has 0 aliphatic rings. The van der Waals surface area contributed by atoms with E-state index in [-0.39, 0.29) is 6.03 Å². The van der Waals surface area contributed by atoms with Crippen LogP contribution in [0.3, 0.4) is 0 Å². The molecule has 0 aliphatic carbocycles. The Morgan fingerprint density at radius 2 is 2.07 bits per heavy atom. The molecule has 0 saturated carbocycles. The molecule has 0 radical (unpaired) electrons. The van der Waals surface area contributed by atoms with Crippen molar-refractivity contribution >= 4 is 6.03 Å². The van der Waals surface area contributed by atoms with Gasteiger partial charge in [-0.25, -0.2) is 4.79 Å². The van der Waals surface area contributed by atoms with E-state index < -0.39 is 0 Å². The van der Waals surface area contributed by atoms with Crippen molar-refractivity contribution in [3.05, 3.63) is 48.7 Å². The first-order valence-corrected chi connectivity index (χ1v) is 4.52. The fourth-order valence-corrected chi connectivity index (χ4v) is 1.11. The lowest BCUT2D eigenvalue weighted by Crippen LogP contribution is -2.33. The lowest BCUT2D eigenvalue weighted by molar-refractivity contribution is 0.244. The Kier molecular flexibility index (Phi) is 4.27. The van der Waals surface area contributed by atoms with Crippen molar-refractivity contribution in [2.45, 2.75) is 6.42 Å². The molecule has 2 N–H and O–H groups in total. The molecule has 0 spiro atoms.